The van der Waals surface area contributed by atoms with Crippen LogP contribution in [0.1, 0.15) is 0 Å². The lowest BCUT2D eigenvalue weighted by Gasteiger charge is -2.24. The number of anilines is 1. The third kappa shape index (κ3) is 4.75. The van der Waals surface area contributed by atoms with Crippen molar-refractivity contribution in [1.82, 2.24) is 0 Å². The minimum absolute atomic E-state index is 0.0110. The van der Waals surface area contributed by atoms with E-state index in [1.165, 1.54) is 11.8 Å². The summed E-state index contributed by atoms with van der Waals surface area (Å²) < 4.78 is 28.8. The molecule has 2 heterocycles. The van der Waals surface area contributed by atoms with Crippen molar-refractivity contribution in [2.24, 2.45) is 4.99 Å². The van der Waals surface area contributed by atoms with E-state index in [0.29, 0.717) is 20.9 Å². The van der Waals surface area contributed by atoms with E-state index in [4.69, 9.17) is 33.0 Å². The topological polar surface area (TPSA) is 113 Å². The first-order valence-corrected chi connectivity index (χ1v) is 11.1. The lowest BCUT2D eigenvalue weighted by molar-refractivity contribution is -0.143. The van der Waals surface area contributed by atoms with E-state index < -0.39 is 34.9 Å². The maximum absolute atomic E-state index is 12.0. The molecule has 2 aliphatic heterocycles. The van der Waals surface area contributed by atoms with Crippen molar-refractivity contribution in [3.8, 4) is 0 Å². The summed E-state index contributed by atoms with van der Waals surface area (Å²) in [5, 5.41) is 9.23. The summed E-state index contributed by atoms with van der Waals surface area (Å²) in [5.41, 5.74) is 0.569. The SMILES string of the molecule is O=C(O)COCC(=O)N=C1SC2CS(=O)(=O)CC2N1c1ccc(Cl)c(Cl)c1. The van der Waals surface area contributed by atoms with Crippen LogP contribution in [-0.2, 0) is 24.2 Å². The Kier molecular flexibility index (Phi) is 6.02. The summed E-state index contributed by atoms with van der Waals surface area (Å²) in [6, 6.07) is 4.45. The zero-order valence-electron chi connectivity index (χ0n) is 13.7. The predicted molar refractivity (Wildman–Crippen MR) is 104 cm³/mol. The number of aliphatic carboxylic acids is 1. The number of carbonyl (C=O) groups is 2. The standard InChI is InChI=1S/C15H14Cl2N2O6S2/c16-9-2-1-8(3-10(9)17)19-11-6-27(23,24)7-12(11)26-15(19)18-13(20)4-25-5-14(21)22/h1-3,11-12H,4-7H2,(H,21,22). The van der Waals surface area contributed by atoms with E-state index in [2.05, 4.69) is 4.99 Å². The van der Waals surface area contributed by atoms with Crippen molar-refractivity contribution in [2.75, 3.05) is 29.6 Å². The molecule has 0 aliphatic carbocycles. The number of halogens is 2. The van der Waals surface area contributed by atoms with Crippen LogP contribution < -0.4 is 4.90 Å². The molecule has 12 heteroatoms. The molecule has 2 atom stereocenters. The number of amides is 1. The maximum Gasteiger partial charge on any atom is 0.329 e. The second-order valence-electron chi connectivity index (χ2n) is 5.94. The molecule has 146 valence electrons. The molecule has 0 saturated carbocycles. The molecule has 3 rings (SSSR count). The summed E-state index contributed by atoms with van der Waals surface area (Å²) in [4.78, 5) is 28.1. The van der Waals surface area contributed by atoms with Crippen LogP contribution in [0.15, 0.2) is 23.2 Å². The van der Waals surface area contributed by atoms with Crippen molar-refractivity contribution in [1.29, 1.82) is 0 Å². The Hall–Kier alpha value is -1.33. The number of carbonyl (C=O) groups excluding carboxylic acids is 1. The highest BCUT2D eigenvalue weighted by molar-refractivity contribution is 8.16. The summed E-state index contributed by atoms with van der Waals surface area (Å²) >= 11 is 13.2. The maximum atomic E-state index is 12.0. The number of carboxylic acids is 1. The first-order valence-electron chi connectivity index (χ1n) is 7.69. The lowest BCUT2D eigenvalue weighted by atomic mass is 10.2. The van der Waals surface area contributed by atoms with Crippen LogP contribution in [0.25, 0.3) is 0 Å². The lowest BCUT2D eigenvalue weighted by Crippen LogP contribution is -2.37. The van der Waals surface area contributed by atoms with Gasteiger partial charge in [-0.2, -0.15) is 4.99 Å². The molecular weight excluding hydrogens is 439 g/mol. The van der Waals surface area contributed by atoms with Crippen LogP contribution in [0, 0.1) is 0 Å². The number of thioether (sulfide) groups is 1. The summed E-state index contributed by atoms with van der Waals surface area (Å²) in [7, 11) is -3.19. The molecule has 1 N–H and O–H groups in total. The molecule has 0 bridgehead atoms. The number of fused-ring (bicyclic) bond motifs is 1. The van der Waals surface area contributed by atoms with E-state index in [0.717, 1.165) is 0 Å². The number of benzene rings is 1. The highest BCUT2D eigenvalue weighted by Crippen LogP contribution is 2.42. The van der Waals surface area contributed by atoms with Crippen molar-refractivity contribution < 1.29 is 27.9 Å². The van der Waals surface area contributed by atoms with E-state index in [1.807, 2.05) is 0 Å². The number of nitrogens with zero attached hydrogens (tertiary/aromatic N) is 2. The quantitative estimate of drug-likeness (QED) is 0.717. The Balaban J connectivity index is 1.88. The summed E-state index contributed by atoms with van der Waals surface area (Å²) in [6.07, 6.45) is 0. The number of rotatable bonds is 5. The predicted octanol–water partition coefficient (Wildman–Crippen LogP) is 1.70. The van der Waals surface area contributed by atoms with Gasteiger partial charge in [-0.15, -0.1) is 0 Å². The molecule has 0 aromatic heterocycles. The Morgan fingerprint density at radius 3 is 2.67 bits per heavy atom. The molecule has 0 spiro atoms. The zero-order valence-corrected chi connectivity index (χ0v) is 16.8. The molecule has 2 fully saturated rings. The fourth-order valence-corrected chi connectivity index (χ4v) is 7.09. The zero-order chi connectivity index (χ0) is 19.8. The number of amidine groups is 1. The Labute approximate surface area is 169 Å². The first kappa shape index (κ1) is 20.4. The molecule has 2 aliphatic rings. The van der Waals surface area contributed by atoms with E-state index in [9.17, 15) is 18.0 Å². The minimum Gasteiger partial charge on any atom is -0.480 e. The van der Waals surface area contributed by atoms with Gasteiger partial charge in [0.05, 0.1) is 27.6 Å². The van der Waals surface area contributed by atoms with Gasteiger partial charge in [0.25, 0.3) is 5.91 Å². The Morgan fingerprint density at radius 2 is 2.00 bits per heavy atom. The van der Waals surface area contributed by atoms with Crippen LogP contribution in [-0.4, -0.2) is 66.6 Å². The molecule has 1 aromatic carbocycles. The largest absolute Gasteiger partial charge is 0.480 e. The third-order valence-electron chi connectivity index (χ3n) is 3.92. The number of ether oxygens (including phenoxy) is 1. The number of sulfone groups is 1. The molecule has 0 radical (unpaired) electrons. The molecule has 2 saturated heterocycles. The van der Waals surface area contributed by atoms with Crippen molar-refractivity contribution in [3.63, 3.8) is 0 Å². The van der Waals surface area contributed by atoms with Crippen molar-refractivity contribution >= 4 is 67.5 Å². The number of hydrogen-bond donors (Lipinski definition) is 1. The Bertz CT molecular complexity index is 921. The highest BCUT2D eigenvalue weighted by atomic mass is 35.5. The number of aliphatic imine (C=N–C) groups is 1. The van der Waals surface area contributed by atoms with Gasteiger partial charge in [0.1, 0.15) is 13.2 Å². The molecule has 1 aromatic rings. The average molecular weight is 453 g/mol. The first-order chi connectivity index (χ1) is 12.7. The fraction of sp³-hybridized carbons (Fsp3) is 0.400. The molecular formula is C15H14Cl2N2O6S2. The fourth-order valence-electron chi connectivity index (χ4n) is 2.87. The van der Waals surface area contributed by atoms with Crippen LogP contribution in [0.4, 0.5) is 5.69 Å². The third-order valence-corrected chi connectivity index (χ3v) is 7.87. The van der Waals surface area contributed by atoms with Gasteiger partial charge in [-0.3, -0.25) is 4.79 Å². The van der Waals surface area contributed by atoms with Gasteiger partial charge >= 0.3 is 5.97 Å². The van der Waals surface area contributed by atoms with E-state index in [-0.39, 0.29) is 22.8 Å². The van der Waals surface area contributed by atoms with Crippen LogP contribution in [0.3, 0.4) is 0 Å². The summed E-state index contributed by atoms with van der Waals surface area (Å²) in [6.45, 7) is -1.09. The van der Waals surface area contributed by atoms with Gasteiger partial charge in [-0.1, -0.05) is 35.0 Å². The number of carboxylic acid groups (broad SMARTS) is 1. The molecule has 27 heavy (non-hydrogen) atoms. The van der Waals surface area contributed by atoms with E-state index >= 15 is 0 Å². The minimum atomic E-state index is -3.19. The van der Waals surface area contributed by atoms with E-state index in [1.54, 1.807) is 23.1 Å². The Morgan fingerprint density at radius 1 is 1.26 bits per heavy atom. The van der Waals surface area contributed by atoms with Gasteiger partial charge in [-0.05, 0) is 18.2 Å². The van der Waals surface area contributed by atoms with Crippen LogP contribution in [0.2, 0.25) is 10.0 Å². The van der Waals surface area contributed by atoms with Crippen molar-refractivity contribution in [2.45, 2.75) is 11.3 Å². The molecule has 2 unspecified atom stereocenters. The monoisotopic (exact) mass is 452 g/mol. The van der Waals surface area contributed by atoms with Gasteiger partial charge in [-0.25, -0.2) is 13.2 Å². The molecule has 8 nitrogen and oxygen atoms in total. The highest BCUT2D eigenvalue weighted by Gasteiger charge is 2.49. The summed E-state index contributed by atoms with van der Waals surface area (Å²) in [5.74, 6) is -1.93. The molecule has 1 amide bonds. The van der Waals surface area contributed by atoms with Gasteiger partial charge in [0.15, 0.2) is 15.0 Å². The van der Waals surface area contributed by atoms with Gasteiger partial charge in [0, 0.05) is 10.9 Å². The van der Waals surface area contributed by atoms with Crippen LogP contribution in [0.5, 0.6) is 0 Å². The average Bonchev–Trinajstić information content (AvgIpc) is 3.00. The number of hydrogen-bond acceptors (Lipinski definition) is 6. The van der Waals surface area contributed by atoms with Gasteiger partial charge < -0.3 is 14.7 Å². The smallest absolute Gasteiger partial charge is 0.329 e. The van der Waals surface area contributed by atoms with Gasteiger partial charge in [0.2, 0.25) is 0 Å². The van der Waals surface area contributed by atoms with Crippen molar-refractivity contribution in [3.05, 3.63) is 28.2 Å². The normalized spacial score (nSPS) is 25.0. The van der Waals surface area contributed by atoms with Crippen LogP contribution >= 0.6 is 35.0 Å². The second kappa shape index (κ2) is 7.96. The second-order valence-corrected chi connectivity index (χ2v) is 10.1.